The van der Waals surface area contributed by atoms with Crippen molar-refractivity contribution in [3.05, 3.63) is 10.1 Å². The Morgan fingerprint density at radius 2 is 1.95 bits per heavy atom. The largest absolute Gasteiger partial charge is 0.338 e. The van der Waals surface area contributed by atoms with E-state index in [1.54, 1.807) is 0 Å². The van der Waals surface area contributed by atoms with E-state index in [2.05, 4.69) is 17.1 Å². The van der Waals surface area contributed by atoms with Crippen molar-refractivity contribution >= 4 is 6.03 Å². The summed E-state index contributed by atoms with van der Waals surface area (Å²) in [6, 6.07) is -0.0694. The number of hydrogen-bond acceptors (Lipinski definition) is 4. The molecule has 2 amide bonds. The van der Waals surface area contributed by atoms with Gasteiger partial charge in [-0.05, 0) is 25.2 Å². The summed E-state index contributed by atoms with van der Waals surface area (Å²) in [5, 5.41) is 11.9. The Morgan fingerprint density at radius 3 is 2.50 bits per heavy atom. The van der Waals surface area contributed by atoms with Crippen molar-refractivity contribution in [1.82, 2.24) is 10.2 Å². The van der Waals surface area contributed by atoms with Crippen LogP contribution < -0.4 is 5.32 Å². The van der Waals surface area contributed by atoms with Crippen molar-refractivity contribution in [2.45, 2.75) is 59.3 Å². The molecule has 0 aromatic rings. The molecule has 0 spiro atoms. The smallest absolute Gasteiger partial charge is 0.317 e. The van der Waals surface area contributed by atoms with Crippen molar-refractivity contribution in [3.63, 3.8) is 0 Å². The zero-order chi connectivity index (χ0) is 16.8. The minimum absolute atomic E-state index is 0.0202. The van der Waals surface area contributed by atoms with Crippen LogP contribution in [0.1, 0.15) is 59.3 Å². The van der Waals surface area contributed by atoms with Crippen LogP contribution in [0.5, 0.6) is 0 Å². The molecule has 7 heteroatoms. The number of rotatable bonds is 8. The molecule has 1 rings (SSSR count). The number of piperidine rings is 1. The number of unbranched alkanes of at least 4 members (excludes halogenated alkanes) is 1. The first kappa shape index (κ1) is 20.5. The molecule has 1 saturated heterocycles. The van der Waals surface area contributed by atoms with Crippen LogP contribution in [-0.4, -0.2) is 42.3 Å². The number of nitrogens with zero attached hydrogens (tertiary/aromatic N) is 2. The van der Waals surface area contributed by atoms with Crippen LogP contribution in [0.15, 0.2) is 0 Å². The normalized spacial score (nSPS) is 14.8. The van der Waals surface area contributed by atoms with Gasteiger partial charge in [0.15, 0.2) is 0 Å². The Bertz CT molecular complexity index is 305. The minimum atomic E-state index is -0.817. The first-order valence-corrected chi connectivity index (χ1v) is 8.43. The fourth-order valence-corrected chi connectivity index (χ4v) is 2.44. The molecular weight excluding hydrogens is 286 g/mol. The van der Waals surface area contributed by atoms with Crippen molar-refractivity contribution in [3.8, 4) is 0 Å². The van der Waals surface area contributed by atoms with Gasteiger partial charge in [0.25, 0.3) is 5.09 Å². The van der Waals surface area contributed by atoms with E-state index in [9.17, 15) is 14.9 Å². The Balaban J connectivity index is 0.00000211. The molecule has 1 N–H and O–H groups in total. The fraction of sp³-hybridized carbons (Fsp3) is 0.933. The van der Waals surface area contributed by atoms with E-state index in [1.807, 2.05) is 18.7 Å². The molecule has 1 aliphatic heterocycles. The zero-order valence-electron chi connectivity index (χ0n) is 14.2. The predicted octanol–water partition coefficient (Wildman–Crippen LogP) is 3.22. The third-order valence-electron chi connectivity index (χ3n) is 3.66. The lowest BCUT2D eigenvalue weighted by atomic mass is 9.92. The van der Waals surface area contributed by atoms with Gasteiger partial charge >= 0.3 is 6.03 Å². The first-order chi connectivity index (χ1) is 10.6. The third kappa shape index (κ3) is 9.41. The van der Waals surface area contributed by atoms with Gasteiger partial charge in [-0.15, -0.1) is 10.1 Å². The van der Waals surface area contributed by atoms with Crippen molar-refractivity contribution < 1.29 is 14.7 Å². The van der Waals surface area contributed by atoms with Gasteiger partial charge in [0.05, 0.1) is 6.61 Å². The number of carbonyl (C=O) groups is 1. The van der Waals surface area contributed by atoms with Gasteiger partial charge in [-0.1, -0.05) is 40.0 Å². The van der Waals surface area contributed by atoms with Crippen LogP contribution in [0.3, 0.4) is 0 Å². The minimum Gasteiger partial charge on any atom is -0.338 e. The van der Waals surface area contributed by atoms with E-state index in [0.717, 1.165) is 31.8 Å². The van der Waals surface area contributed by atoms with Crippen molar-refractivity contribution in [1.29, 1.82) is 0 Å². The highest BCUT2D eigenvalue weighted by atomic mass is 16.9. The predicted molar refractivity (Wildman–Crippen MR) is 86.1 cm³/mol. The maximum absolute atomic E-state index is 11.9. The summed E-state index contributed by atoms with van der Waals surface area (Å²) in [4.78, 5) is 27.8. The van der Waals surface area contributed by atoms with E-state index >= 15 is 0 Å². The maximum Gasteiger partial charge on any atom is 0.317 e. The van der Waals surface area contributed by atoms with E-state index in [1.165, 1.54) is 19.3 Å². The van der Waals surface area contributed by atoms with E-state index in [-0.39, 0.29) is 12.6 Å². The van der Waals surface area contributed by atoms with E-state index < -0.39 is 5.09 Å². The summed E-state index contributed by atoms with van der Waals surface area (Å²) in [6.07, 6.45) is 6.37. The number of amides is 2. The SMILES string of the molecule is CC.CCCCC1CCN(C(=O)NCCCO[N+](=O)[O-])CC1. The second-order valence-corrected chi connectivity index (χ2v) is 5.21. The average Bonchev–Trinajstić information content (AvgIpc) is 2.54. The zero-order valence-corrected chi connectivity index (χ0v) is 14.2. The standard InChI is InChI=1S/C13H25N3O4.C2H6/c1-2-3-5-12-6-9-15(10-7-12)13(17)14-8-4-11-20-16(18)19;1-2/h12H,2-11H2,1H3,(H,14,17);1-2H3. The number of likely N-dealkylation sites (tertiary alicyclic amines) is 1. The van der Waals surface area contributed by atoms with Crippen molar-refractivity contribution in [2.75, 3.05) is 26.2 Å². The quantitative estimate of drug-likeness (QED) is 0.423. The first-order valence-electron chi connectivity index (χ1n) is 8.43. The highest BCUT2D eigenvalue weighted by Gasteiger charge is 2.21. The van der Waals surface area contributed by atoms with Crippen LogP contribution in [0.2, 0.25) is 0 Å². The molecule has 0 unspecified atom stereocenters. The van der Waals surface area contributed by atoms with Crippen LogP contribution in [-0.2, 0) is 4.84 Å². The second-order valence-electron chi connectivity index (χ2n) is 5.21. The van der Waals surface area contributed by atoms with Crippen LogP contribution in [0, 0.1) is 16.0 Å². The van der Waals surface area contributed by atoms with Gasteiger partial charge in [0.2, 0.25) is 0 Å². The number of urea groups is 1. The molecule has 1 fully saturated rings. The lowest BCUT2D eigenvalue weighted by Gasteiger charge is -2.32. The Labute approximate surface area is 133 Å². The molecule has 22 heavy (non-hydrogen) atoms. The van der Waals surface area contributed by atoms with Gasteiger partial charge in [-0.25, -0.2) is 4.79 Å². The summed E-state index contributed by atoms with van der Waals surface area (Å²) < 4.78 is 0. The fourth-order valence-electron chi connectivity index (χ4n) is 2.44. The highest BCUT2D eigenvalue weighted by molar-refractivity contribution is 5.74. The van der Waals surface area contributed by atoms with Crippen LogP contribution >= 0.6 is 0 Å². The molecule has 0 aromatic carbocycles. The van der Waals surface area contributed by atoms with Gasteiger partial charge < -0.3 is 15.1 Å². The van der Waals surface area contributed by atoms with Crippen molar-refractivity contribution in [2.24, 2.45) is 5.92 Å². The lowest BCUT2D eigenvalue weighted by Crippen LogP contribution is -2.44. The molecule has 0 aliphatic carbocycles. The molecule has 1 aliphatic rings. The monoisotopic (exact) mass is 317 g/mol. The van der Waals surface area contributed by atoms with E-state index in [0.29, 0.717) is 13.0 Å². The topological polar surface area (TPSA) is 84.7 Å². The maximum atomic E-state index is 11.9. The number of hydrogen-bond donors (Lipinski definition) is 1. The summed E-state index contributed by atoms with van der Waals surface area (Å²) >= 11 is 0. The number of carbonyl (C=O) groups excluding carboxylic acids is 1. The van der Waals surface area contributed by atoms with E-state index in [4.69, 9.17) is 0 Å². The molecule has 1 heterocycles. The summed E-state index contributed by atoms with van der Waals surface area (Å²) in [5.74, 6) is 0.757. The van der Waals surface area contributed by atoms with Crippen LogP contribution in [0.25, 0.3) is 0 Å². The third-order valence-corrected chi connectivity index (χ3v) is 3.66. The summed E-state index contributed by atoms with van der Waals surface area (Å²) in [7, 11) is 0. The molecule has 7 nitrogen and oxygen atoms in total. The summed E-state index contributed by atoms with van der Waals surface area (Å²) in [5.41, 5.74) is 0. The van der Waals surface area contributed by atoms with Gasteiger partial charge in [0.1, 0.15) is 0 Å². The van der Waals surface area contributed by atoms with Gasteiger partial charge in [-0.2, -0.15) is 0 Å². The lowest BCUT2D eigenvalue weighted by molar-refractivity contribution is -0.757. The number of nitrogens with one attached hydrogen (secondary N) is 1. The second kappa shape index (κ2) is 13.2. The van der Waals surface area contributed by atoms with Crippen LogP contribution in [0.4, 0.5) is 4.79 Å². The van der Waals surface area contributed by atoms with Gasteiger partial charge in [0, 0.05) is 19.6 Å². The molecule has 0 aromatic heterocycles. The Kier molecular flexibility index (Phi) is 12.2. The molecule has 0 saturated carbocycles. The average molecular weight is 317 g/mol. The molecular formula is C15H31N3O4. The highest BCUT2D eigenvalue weighted by Crippen LogP contribution is 2.22. The Morgan fingerprint density at radius 1 is 1.32 bits per heavy atom. The molecule has 0 bridgehead atoms. The summed E-state index contributed by atoms with van der Waals surface area (Å²) in [6.45, 7) is 8.25. The molecule has 0 atom stereocenters. The Hall–Kier alpha value is -1.53. The molecule has 0 radical (unpaired) electrons. The molecule has 130 valence electrons. The van der Waals surface area contributed by atoms with Gasteiger partial charge in [-0.3, -0.25) is 0 Å².